The molecule has 1 atom stereocenters. The van der Waals surface area contributed by atoms with E-state index in [1.165, 1.54) is 0 Å². The van der Waals surface area contributed by atoms with Gasteiger partial charge in [0.05, 0.1) is 13.2 Å². The maximum atomic E-state index is 13.3. The Bertz CT molecular complexity index is 391. The van der Waals surface area contributed by atoms with E-state index in [1.807, 2.05) is 25.1 Å². The molecule has 0 saturated carbocycles. The van der Waals surface area contributed by atoms with Gasteiger partial charge in [0, 0.05) is 26.2 Å². The molecule has 1 saturated heterocycles. The Kier molecular flexibility index (Phi) is 4.55. The molecule has 2 rings (SSSR count). The molecular formula is C14H21FN2O. The monoisotopic (exact) mass is 252 g/mol. The second-order valence-corrected chi connectivity index (χ2v) is 4.69. The minimum absolute atomic E-state index is 0.128. The van der Waals surface area contributed by atoms with E-state index in [9.17, 15) is 4.39 Å². The van der Waals surface area contributed by atoms with Gasteiger partial charge >= 0.3 is 0 Å². The van der Waals surface area contributed by atoms with Gasteiger partial charge in [0.2, 0.25) is 0 Å². The van der Waals surface area contributed by atoms with Crippen LogP contribution in [-0.4, -0.2) is 44.9 Å². The van der Waals surface area contributed by atoms with Gasteiger partial charge in [-0.2, -0.15) is 0 Å². The van der Waals surface area contributed by atoms with Crippen LogP contribution in [0.5, 0.6) is 5.75 Å². The molecule has 0 radical (unpaired) electrons. The van der Waals surface area contributed by atoms with E-state index < -0.39 is 0 Å². The smallest absolute Gasteiger partial charge is 0.121 e. The standard InChI is InChI=1S/C14H21FN2O/c1-11-9-12(3-4-14(11)18-2)13(10-15)17-7-5-16-6-8-17/h3-4,9,13,16H,5-8,10H2,1-2H3/t13-/m0/s1. The Morgan fingerprint density at radius 1 is 1.39 bits per heavy atom. The quantitative estimate of drug-likeness (QED) is 0.886. The average Bonchev–Trinajstić information content (AvgIpc) is 2.41. The van der Waals surface area contributed by atoms with Crippen LogP contribution in [0.1, 0.15) is 17.2 Å². The predicted molar refractivity (Wildman–Crippen MR) is 70.9 cm³/mol. The molecule has 1 heterocycles. The summed E-state index contributed by atoms with van der Waals surface area (Å²) in [5.74, 6) is 0.858. The summed E-state index contributed by atoms with van der Waals surface area (Å²) in [6, 6.07) is 5.80. The number of methoxy groups -OCH3 is 1. The third-order valence-electron chi connectivity index (χ3n) is 3.54. The van der Waals surface area contributed by atoms with Crippen molar-refractivity contribution in [2.75, 3.05) is 40.0 Å². The minimum Gasteiger partial charge on any atom is -0.496 e. The van der Waals surface area contributed by atoms with Crippen molar-refractivity contribution in [3.8, 4) is 5.75 Å². The molecule has 3 nitrogen and oxygen atoms in total. The summed E-state index contributed by atoms with van der Waals surface area (Å²) in [5.41, 5.74) is 2.10. The van der Waals surface area contributed by atoms with Gasteiger partial charge in [-0.25, -0.2) is 4.39 Å². The molecule has 1 N–H and O–H groups in total. The number of nitrogens with one attached hydrogen (secondary N) is 1. The fourth-order valence-corrected chi connectivity index (χ4v) is 2.50. The molecule has 0 unspecified atom stereocenters. The number of hydrogen-bond acceptors (Lipinski definition) is 3. The second kappa shape index (κ2) is 6.16. The van der Waals surface area contributed by atoms with E-state index in [4.69, 9.17) is 4.74 Å². The summed E-state index contributed by atoms with van der Waals surface area (Å²) in [6.45, 7) is 5.33. The van der Waals surface area contributed by atoms with Crippen LogP contribution in [0.25, 0.3) is 0 Å². The van der Waals surface area contributed by atoms with E-state index in [0.29, 0.717) is 0 Å². The van der Waals surface area contributed by atoms with Gasteiger partial charge < -0.3 is 10.1 Å². The first-order valence-electron chi connectivity index (χ1n) is 6.41. The van der Waals surface area contributed by atoms with Crippen molar-refractivity contribution in [2.24, 2.45) is 0 Å². The summed E-state index contributed by atoms with van der Waals surface area (Å²) < 4.78 is 18.6. The number of hydrogen-bond donors (Lipinski definition) is 1. The first-order chi connectivity index (χ1) is 8.76. The lowest BCUT2D eigenvalue weighted by Gasteiger charge is -2.33. The van der Waals surface area contributed by atoms with E-state index in [0.717, 1.165) is 43.1 Å². The zero-order valence-corrected chi connectivity index (χ0v) is 11.1. The Morgan fingerprint density at radius 3 is 2.67 bits per heavy atom. The van der Waals surface area contributed by atoms with Crippen molar-refractivity contribution in [3.63, 3.8) is 0 Å². The number of ether oxygens (including phenoxy) is 1. The fraction of sp³-hybridized carbons (Fsp3) is 0.571. The number of nitrogens with zero attached hydrogens (tertiary/aromatic N) is 1. The first-order valence-corrected chi connectivity index (χ1v) is 6.41. The lowest BCUT2D eigenvalue weighted by molar-refractivity contribution is 0.147. The molecule has 0 spiro atoms. The lowest BCUT2D eigenvalue weighted by Crippen LogP contribution is -2.45. The number of rotatable bonds is 4. The highest BCUT2D eigenvalue weighted by Crippen LogP contribution is 2.26. The third-order valence-corrected chi connectivity index (χ3v) is 3.54. The molecule has 0 amide bonds. The minimum atomic E-state index is -0.341. The van der Waals surface area contributed by atoms with Crippen molar-refractivity contribution in [2.45, 2.75) is 13.0 Å². The molecule has 0 bridgehead atoms. The van der Waals surface area contributed by atoms with Crippen molar-refractivity contribution < 1.29 is 9.13 Å². The fourth-order valence-electron chi connectivity index (χ4n) is 2.50. The normalized spacial score (nSPS) is 18.6. The summed E-state index contributed by atoms with van der Waals surface area (Å²) in [6.07, 6.45) is 0. The van der Waals surface area contributed by atoms with Crippen molar-refractivity contribution >= 4 is 0 Å². The molecule has 18 heavy (non-hydrogen) atoms. The van der Waals surface area contributed by atoms with Crippen molar-refractivity contribution in [1.29, 1.82) is 0 Å². The number of piperazine rings is 1. The summed E-state index contributed by atoms with van der Waals surface area (Å²) in [4.78, 5) is 2.21. The van der Waals surface area contributed by atoms with Crippen LogP contribution >= 0.6 is 0 Å². The summed E-state index contributed by atoms with van der Waals surface area (Å²) >= 11 is 0. The molecule has 1 aliphatic heterocycles. The van der Waals surface area contributed by atoms with Gasteiger partial charge in [-0.05, 0) is 24.1 Å². The molecule has 4 heteroatoms. The number of alkyl halides is 1. The van der Waals surface area contributed by atoms with Crippen LogP contribution in [-0.2, 0) is 0 Å². The molecule has 1 fully saturated rings. The Morgan fingerprint density at radius 2 is 2.11 bits per heavy atom. The van der Waals surface area contributed by atoms with E-state index in [1.54, 1.807) is 7.11 Å². The van der Waals surface area contributed by atoms with Crippen LogP contribution in [0, 0.1) is 6.92 Å². The molecule has 1 aliphatic rings. The highest BCUT2D eigenvalue weighted by atomic mass is 19.1. The summed E-state index contributed by atoms with van der Waals surface area (Å²) in [7, 11) is 1.66. The highest BCUT2D eigenvalue weighted by Gasteiger charge is 2.22. The van der Waals surface area contributed by atoms with Crippen LogP contribution in [0.4, 0.5) is 4.39 Å². The van der Waals surface area contributed by atoms with Crippen LogP contribution in [0.2, 0.25) is 0 Å². The van der Waals surface area contributed by atoms with E-state index >= 15 is 0 Å². The van der Waals surface area contributed by atoms with Crippen molar-refractivity contribution in [1.82, 2.24) is 10.2 Å². The zero-order valence-electron chi connectivity index (χ0n) is 11.1. The molecule has 1 aromatic carbocycles. The van der Waals surface area contributed by atoms with E-state index in [2.05, 4.69) is 10.2 Å². The largest absolute Gasteiger partial charge is 0.496 e. The molecule has 0 aliphatic carbocycles. The predicted octanol–water partition coefficient (Wildman–Crippen LogP) is 1.92. The SMILES string of the molecule is COc1ccc([C@H](CF)N2CCNCC2)cc1C. The van der Waals surface area contributed by atoms with Gasteiger partial charge in [0.25, 0.3) is 0 Å². The number of benzene rings is 1. The summed E-state index contributed by atoms with van der Waals surface area (Å²) in [5, 5.41) is 3.29. The van der Waals surface area contributed by atoms with Gasteiger partial charge in [0.1, 0.15) is 12.4 Å². The lowest BCUT2D eigenvalue weighted by atomic mass is 10.0. The maximum absolute atomic E-state index is 13.3. The molecule has 100 valence electrons. The first kappa shape index (κ1) is 13.3. The second-order valence-electron chi connectivity index (χ2n) is 4.69. The van der Waals surface area contributed by atoms with Gasteiger partial charge in [-0.15, -0.1) is 0 Å². The molecule has 1 aromatic rings. The molecular weight excluding hydrogens is 231 g/mol. The van der Waals surface area contributed by atoms with Crippen LogP contribution in [0.3, 0.4) is 0 Å². The third kappa shape index (κ3) is 2.82. The highest BCUT2D eigenvalue weighted by molar-refractivity contribution is 5.37. The zero-order chi connectivity index (χ0) is 13.0. The number of halogens is 1. The van der Waals surface area contributed by atoms with Gasteiger partial charge in [0.15, 0.2) is 0 Å². The van der Waals surface area contributed by atoms with Gasteiger partial charge in [-0.3, -0.25) is 4.90 Å². The van der Waals surface area contributed by atoms with Crippen molar-refractivity contribution in [3.05, 3.63) is 29.3 Å². The average molecular weight is 252 g/mol. The van der Waals surface area contributed by atoms with Gasteiger partial charge in [-0.1, -0.05) is 12.1 Å². The number of aryl methyl sites for hydroxylation is 1. The van der Waals surface area contributed by atoms with Crippen LogP contribution < -0.4 is 10.1 Å². The topological polar surface area (TPSA) is 24.5 Å². The van der Waals surface area contributed by atoms with E-state index in [-0.39, 0.29) is 12.7 Å². The Balaban J connectivity index is 2.18. The Labute approximate surface area is 108 Å². The maximum Gasteiger partial charge on any atom is 0.121 e. The van der Waals surface area contributed by atoms with Crippen LogP contribution in [0.15, 0.2) is 18.2 Å². The Hall–Kier alpha value is -1.13. The molecule has 0 aromatic heterocycles.